The zero-order chi connectivity index (χ0) is 5.58. The molecule has 0 rings (SSSR count). The van der Waals surface area contributed by atoms with Gasteiger partial charge in [-0.2, -0.15) is 0 Å². The van der Waals surface area contributed by atoms with Crippen LogP contribution in [0.3, 0.4) is 0 Å². The van der Waals surface area contributed by atoms with Gasteiger partial charge in [-0.15, -0.1) is 0 Å². The first-order valence-electron chi connectivity index (χ1n) is 1.03. The molecule has 0 fully saturated rings. The topological polar surface area (TPSA) is 57.5 Å². The van der Waals surface area contributed by atoms with Crippen molar-refractivity contribution in [1.29, 1.82) is 0 Å². The molecule has 0 bridgehead atoms. The van der Waals surface area contributed by atoms with E-state index in [1.807, 2.05) is 4.93 Å². The third kappa shape index (κ3) is 90.6. The van der Waals surface area contributed by atoms with Crippen LogP contribution in [-0.2, 0) is 0 Å². The van der Waals surface area contributed by atoms with Gasteiger partial charge in [0.05, 0.1) is 0 Å². The van der Waals surface area contributed by atoms with E-state index >= 15 is 0 Å². The summed E-state index contributed by atoms with van der Waals surface area (Å²) in [6, 6.07) is 0. The first kappa shape index (κ1) is 15.9. The molecule has 0 atom stereocenters. The van der Waals surface area contributed by atoms with Gasteiger partial charge in [0.15, 0.2) is 0 Å². The van der Waals surface area contributed by atoms with Gasteiger partial charge in [0, 0.05) is 0 Å². The molecular weight excluding hydrogens is 238 g/mol. The fourth-order valence-corrected chi connectivity index (χ4v) is 0. The van der Waals surface area contributed by atoms with Gasteiger partial charge in [-0.05, 0) is 4.93 Å². The van der Waals surface area contributed by atoms with E-state index in [1.165, 1.54) is 0 Å². The van der Waals surface area contributed by atoms with E-state index < -0.39 is 6.16 Å². The van der Waals surface area contributed by atoms with Gasteiger partial charge in [-0.1, -0.05) is 22.6 Å². The number of hydrogen-bond donors (Lipinski definition) is 2. The van der Waals surface area contributed by atoms with Crippen molar-refractivity contribution in [1.82, 2.24) is 0 Å². The van der Waals surface area contributed by atoms with Gasteiger partial charge in [-0.25, -0.2) is 4.79 Å². The molecule has 0 aliphatic carbocycles. The molecule has 0 aromatic rings. The van der Waals surface area contributed by atoms with Crippen molar-refractivity contribution in [2.45, 2.75) is 0 Å². The predicted molar refractivity (Wildman–Crippen MR) is 37.7 cm³/mol. The van der Waals surface area contributed by atoms with Crippen molar-refractivity contribution in [2.24, 2.45) is 0 Å². The summed E-state index contributed by atoms with van der Waals surface area (Å²) in [7, 11) is 0. The maximum atomic E-state index is 8.56. The van der Waals surface area contributed by atoms with Crippen LogP contribution in [0.4, 0.5) is 4.79 Å². The van der Waals surface area contributed by atoms with Crippen molar-refractivity contribution in [2.75, 3.05) is 4.93 Å². The molecular formula is C2H6IKO3. The minimum atomic E-state index is -1.83. The Morgan fingerprint density at radius 3 is 1.43 bits per heavy atom. The van der Waals surface area contributed by atoms with E-state index in [0.29, 0.717) is 0 Å². The second-order valence-corrected chi connectivity index (χ2v) is 0.283. The molecule has 0 heterocycles. The molecule has 2 N–H and O–H groups in total. The van der Waals surface area contributed by atoms with Crippen LogP contribution in [-0.4, -0.2) is 72.7 Å². The average Bonchev–Trinajstić information content (AvgIpc) is 1.41. The van der Waals surface area contributed by atoms with Crippen LogP contribution in [0.1, 0.15) is 0 Å². The first-order chi connectivity index (χ1) is 2.73. The van der Waals surface area contributed by atoms with Gasteiger partial charge < -0.3 is 10.2 Å². The summed E-state index contributed by atoms with van der Waals surface area (Å²) in [5, 5.41) is 13.9. The zero-order valence-electron chi connectivity index (χ0n) is 3.18. The van der Waals surface area contributed by atoms with Crippen LogP contribution in [0.2, 0.25) is 0 Å². The molecule has 0 aliphatic rings. The van der Waals surface area contributed by atoms with Crippen molar-refractivity contribution >= 4 is 80.1 Å². The number of hydrogen-bond acceptors (Lipinski definition) is 1. The van der Waals surface area contributed by atoms with E-state index in [-0.39, 0.29) is 51.4 Å². The summed E-state index contributed by atoms with van der Waals surface area (Å²) >= 11 is 2.15. The molecule has 0 radical (unpaired) electrons. The molecule has 0 saturated carbocycles. The summed E-state index contributed by atoms with van der Waals surface area (Å²) in [4.78, 5) is 10.5. The molecule has 0 unspecified atom stereocenters. The number of halogens is 1. The summed E-state index contributed by atoms with van der Waals surface area (Å²) in [5.41, 5.74) is 0. The first-order valence-corrected chi connectivity index (χ1v) is 3.19. The van der Waals surface area contributed by atoms with Crippen LogP contribution in [0.5, 0.6) is 0 Å². The summed E-state index contributed by atoms with van der Waals surface area (Å²) in [6.45, 7) is 0. The van der Waals surface area contributed by atoms with Crippen molar-refractivity contribution < 1.29 is 15.0 Å². The molecule has 3 nitrogen and oxygen atoms in total. The second-order valence-electron chi connectivity index (χ2n) is 0.283. The van der Waals surface area contributed by atoms with Crippen molar-refractivity contribution in [3.05, 3.63) is 0 Å². The Morgan fingerprint density at radius 1 is 1.43 bits per heavy atom. The van der Waals surface area contributed by atoms with Crippen molar-refractivity contribution in [3.63, 3.8) is 0 Å². The second kappa shape index (κ2) is 15.6. The molecule has 0 saturated heterocycles. The van der Waals surface area contributed by atoms with E-state index in [4.69, 9.17) is 15.0 Å². The summed E-state index contributed by atoms with van der Waals surface area (Å²) < 4.78 is 0. The van der Waals surface area contributed by atoms with Gasteiger partial charge in [0.25, 0.3) is 0 Å². The fraction of sp³-hybridized carbons (Fsp3) is 0.500. The number of rotatable bonds is 0. The molecule has 0 amide bonds. The van der Waals surface area contributed by atoms with Crippen LogP contribution >= 0.6 is 22.6 Å². The zero-order valence-corrected chi connectivity index (χ0v) is 5.34. The number of alkyl halides is 1. The van der Waals surface area contributed by atoms with Gasteiger partial charge >= 0.3 is 57.5 Å². The maximum absolute atomic E-state index is 8.56. The minimum absolute atomic E-state index is 0. The van der Waals surface area contributed by atoms with E-state index in [1.54, 1.807) is 0 Å². The third-order valence-corrected chi connectivity index (χ3v) is 0. The van der Waals surface area contributed by atoms with Gasteiger partial charge in [0.1, 0.15) is 0 Å². The number of carbonyl (C=O) groups is 1. The molecule has 0 aromatic heterocycles. The van der Waals surface area contributed by atoms with Crippen LogP contribution in [0.15, 0.2) is 0 Å². The Labute approximate surface area is 98.0 Å². The van der Waals surface area contributed by atoms with Gasteiger partial charge in [-0.3, -0.25) is 0 Å². The monoisotopic (exact) mass is 244 g/mol. The Balaban J connectivity index is -0.0000000480. The van der Waals surface area contributed by atoms with E-state index in [9.17, 15) is 0 Å². The molecule has 0 aliphatic heterocycles. The quantitative estimate of drug-likeness (QED) is 0.373. The SMILES string of the molecule is CI.O=C(O)O.[KH]. The van der Waals surface area contributed by atoms with Crippen LogP contribution in [0.25, 0.3) is 0 Å². The van der Waals surface area contributed by atoms with Crippen LogP contribution in [0, 0.1) is 0 Å². The summed E-state index contributed by atoms with van der Waals surface area (Å²) in [5.74, 6) is 0. The van der Waals surface area contributed by atoms with Gasteiger partial charge in [0.2, 0.25) is 0 Å². The fourth-order valence-electron chi connectivity index (χ4n) is 0. The number of carboxylic acid groups (broad SMARTS) is 2. The molecule has 40 valence electrons. The van der Waals surface area contributed by atoms with E-state index in [2.05, 4.69) is 22.6 Å². The Morgan fingerprint density at radius 2 is 1.43 bits per heavy atom. The molecule has 0 aromatic carbocycles. The Bertz CT molecular complexity index is 35.9. The molecule has 5 heteroatoms. The van der Waals surface area contributed by atoms with E-state index in [0.717, 1.165) is 0 Å². The normalized spacial score (nSPS) is 4.29. The Kier molecular flexibility index (Phi) is 35.4. The van der Waals surface area contributed by atoms with Crippen molar-refractivity contribution in [3.8, 4) is 0 Å². The van der Waals surface area contributed by atoms with Crippen LogP contribution < -0.4 is 0 Å². The predicted octanol–water partition coefficient (Wildman–Crippen LogP) is 0.625. The standard InChI is InChI=1S/CH3I.CH2O3.K.H/c1-2;2-1(3)4;;/h1H3;(H2,2,3,4);;. The Hall–Kier alpha value is 1.64. The average molecular weight is 244 g/mol. The molecule has 0 spiro atoms. The third-order valence-electron chi connectivity index (χ3n) is 0. The summed E-state index contributed by atoms with van der Waals surface area (Å²) in [6.07, 6.45) is -1.83. The molecule has 7 heavy (non-hydrogen) atoms.